The molecule has 6 heteroatoms. The van der Waals surface area contributed by atoms with Crippen molar-refractivity contribution in [3.63, 3.8) is 0 Å². The Morgan fingerprint density at radius 1 is 0.783 bits per heavy atom. The van der Waals surface area contributed by atoms with E-state index < -0.39 is 16.1 Å². The van der Waals surface area contributed by atoms with Crippen LogP contribution in [0.1, 0.15) is 11.1 Å². The molecule has 0 aromatic heterocycles. The smallest absolute Gasteiger partial charge is 0.243 e. The SMILES string of the molecule is [B-][P+](OCc1ccccc1)(OCc1ccccc1)O[Si](C)(C)C. The molecule has 0 aliphatic heterocycles. The zero-order chi connectivity index (χ0) is 16.8. The molecule has 0 aliphatic rings. The summed E-state index contributed by atoms with van der Waals surface area (Å²) in [5.74, 6) is 0. The predicted molar refractivity (Wildman–Crippen MR) is 99.6 cm³/mol. The van der Waals surface area contributed by atoms with Gasteiger partial charge in [-0.3, -0.25) is 4.21 Å². The van der Waals surface area contributed by atoms with Gasteiger partial charge in [0.2, 0.25) is 8.32 Å². The maximum atomic E-state index is 6.36. The van der Waals surface area contributed by atoms with Crippen LogP contribution in [0.25, 0.3) is 0 Å². The second-order valence-electron chi connectivity index (χ2n) is 6.26. The zero-order valence-corrected chi connectivity index (χ0v) is 15.8. The molecule has 0 saturated carbocycles. The Kier molecular flexibility index (Phi) is 6.57. The van der Waals surface area contributed by atoms with Crippen molar-refractivity contribution in [3.8, 4) is 0 Å². The van der Waals surface area contributed by atoms with Crippen LogP contribution in [0, 0.1) is 0 Å². The van der Waals surface area contributed by atoms with Gasteiger partial charge in [0.05, 0.1) is 0 Å². The highest BCUT2D eigenvalue weighted by Gasteiger charge is 2.32. The summed E-state index contributed by atoms with van der Waals surface area (Å²) >= 11 is 0. The summed E-state index contributed by atoms with van der Waals surface area (Å²) in [6.45, 7) is 6.99. The number of hydrogen-bond acceptors (Lipinski definition) is 3. The van der Waals surface area contributed by atoms with E-state index in [9.17, 15) is 0 Å². The van der Waals surface area contributed by atoms with Crippen molar-refractivity contribution in [2.75, 3.05) is 0 Å². The summed E-state index contributed by atoms with van der Waals surface area (Å²) < 4.78 is 17.8. The molecule has 2 aromatic rings. The molecule has 0 bridgehead atoms. The first kappa shape index (κ1) is 18.4. The molecule has 0 heterocycles. The van der Waals surface area contributed by atoms with E-state index in [1.54, 1.807) is 0 Å². The van der Waals surface area contributed by atoms with E-state index in [1.807, 2.05) is 60.7 Å². The van der Waals surface area contributed by atoms with E-state index >= 15 is 0 Å². The van der Waals surface area contributed by atoms with Crippen molar-refractivity contribution in [2.45, 2.75) is 32.9 Å². The molecule has 0 atom stereocenters. The molecule has 0 fully saturated rings. The van der Waals surface area contributed by atoms with Crippen LogP contribution in [-0.4, -0.2) is 15.9 Å². The van der Waals surface area contributed by atoms with Crippen molar-refractivity contribution >= 4 is 23.7 Å². The Morgan fingerprint density at radius 3 is 1.52 bits per heavy atom. The largest absolute Gasteiger partial charge is 0.282 e. The molecule has 0 spiro atoms. The van der Waals surface area contributed by atoms with Gasteiger partial charge in [-0.15, -0.1) is 0 Å². The first-order valence-electron chi connectivity index (χ1n) is 7.62. The van der Waals surface area contributed by atoms with Crippen LogP contribution < -0.4 is 0 Å². The van der Waals surface area contributed by atoms with Crippen molar-refractivity contribution < 1.29 is 13.3 Å². The minimum atomic E-state index is -2.86. The van der Waals surface area contributed by atoms with Gasteiger partial charge < -0.3 is 0 Å². The van der Waals surface area contributed by atoms with E-state index in [-0.39, 0.29) is 0 Å². The lowest BCUT2D eigenvalue weighted by Crippen LogP contribution is -2.27. The van der Waals surface area contributed by atoms with Gasteiger partial charge in [-0.1, -0.05) is 60.7 Å². The van der Waals surface area contributed by atoms with Crippen molar-refractivity contribution in [2.24, 2.45) is 0 Å². The Bertz CT molecular complexity index is 546. The first-order valence-corrected chi connectivity index (χ1v) is 12.6. The normalized spacial score (nSPS) is 12.3. The molecule has 121 valence electrons. The van der Waals surface area contributed by atoms with Gasteiger partial charge in [-0.25, -0.2) is 9.05 Å². The van der Waals surface area contributed by atoms with E-state index in [0.717, 1.165) is 11.1 Å². The summed E-state index contributed by atoms with van der Waals surface area (Å²) in [6.07, 6.45) is 0. The Hall–Kier alpha value is -0.968. The van der Waals surface area contributed by atoms with Crippen LogP contribution in [0.3, 0.4) is 0 Å². The predicted octanol–water partition coefficient (Wildman–Crippen LogP) is 5.12. The van der Waals surface area contributed by atoms with Crippen LogP contribution >= 0.6 is 7.82 Å². The topological polar surface area (TPSA) is 27.7 Å². The third-order valence-electron chi connectivity index (χ3n) is 2.91. The molecular weight excluding hydrogens is 322 g/mol. The van der Waals surface area contributed by atoms with Crippen LogP contribution in [0.4, 0.5) is 0 Å². The maximum absolute atomic E-state index is 6.36. The molecule has 0 unspecified atom stereocenters. The zero-order valence-electron chi connectivity index (χ0n) is 13.9. The minimum absolute atomic E-state index is 0.379. The Morgan fingerprint density at radius 2 is 1.17 bits per heavy atom. The number of benzene rings is 2. The minimum Gasteiger partial charge on any atom is -0.282 e. The molecule has 0 saturated heterocycles. The summed E-state index contributed by atoms with van der Waals surface area (Å²) in [5.41, 5.74) is 2.09. The highest BCUT2D eigenvalue weighted by atomic mass is 31.2. The Labute approximate surface area is 142 Å². The van der Waals surface area contributed by atoms with E-state index in [1.165, 1.54) is 0 Å². The molecular formula is C17H23BO3PSi. The van der Waals surface area contributed by atoms with Gasteiger partial charge >= 0.3 is 0 Å². The number of hydrogen-bond donors (Lipinski definition) is 0. The van der Waals surface area contributed by atoms with Crippen molar-refractivity contribution in [3.05, 3.63) is 71.8 Å². The lowest BCUT2D eigenvalue weighted by molar-refractivity contribution is 0.182. The third kappa shape index (κ3) is 6.98. The molecule has 3 nitrogen and oxygen atoms in total. The molecule has 3 radical (unpaired) electrons. The third-order valence-corrected chi connectivity index (χ3v) is 7.10. The molecule has 0 amide bonds. The van der Waals surface area contributed by atoms with Gasteiger partial charge in [-0.2, -0.15) is 7.57 Å². The van der Waals surface area contributed by atoms with Gasteiger partial charge in [0, 0.05) is 0 Å². The highest BCUT2D eigenvalue weighted by molar-refractivity contribution is 7.86. The molecule has 0 N–H and O–H groups in total. The fraction of sp³-hybridized carbons (Fsp3) is 0.294. The highest BCUT2D eigenvalue weighted by Crippen LogP contribution is 2.60. The maximum Gasteiger partial charge on any atom is 0.243 e. The average molecular weight is 345 g/mol. The summed E-state index contributed by atoms with van der Waals surface area (Å²) in [7, 11) is 1.60. The summed E-state index contributed by atoms with van der Waals surface area (Å²) in [4.78, 5) is 0. The second-order valence-corrected chi connectivity index (χ2v) is 12.8. The first-order chi connectivity index (χ1) is 10.9. The summed E-state index contributed by atoms with van der Waals surface area (Å²) in [6, 6.07) is 19.8. The van der Waals surface area contributed by atoms with Crippen molar-refractivity contribution in [1.82, 2.24) is 0 Å². The number of rotatable bonds is 8. The quantitative estimate of drug-likeness (QED) is 0.491. The van der Waals surface area contributed by atoms with Gasteiger partial charge in [0.1, 0.15) is 21.0 Å². The van der Waals surface area contributed by atoms with Crippen LogP contribution in [0.5, 0.6) is 0 Å². The van der Waals surface area contributed by atoms with Crippen LogP contribution in [0.15, 0.2) is 60.7 Å². The van der Waals surface area contributed by atoms with E-state index in [4.69, 9.17) is 20.8 Å². The lowest BCUT2D eigenvalue weighted by Gasteiger charge is -2.36. The van der Waals surface area contributed by atoms with E-state index in [2.05, 4.69) is 19.6 Å². The second kappa shape index (κ2) is 8.23. The van der Waals surface area contributed by atoms with Gasteiger partial charge in [0.15, 0.2) is 0 Å². The molecule has 2 rings (SSSR count). The lowest BCUT2D eigenvalue weighted by atomic mass is 10.2. The molecule has 2 aromatic carbocycles. The van der Waals surface area contributed by atoms with Crippen LogP contribution in [-0.2, 0) is 26.5 Å². The van der Waals surface area contributed by atoms with Gasteiger partial charge in [0.25, 0.3) is 0 Å². The monoisotopic (exact) mass is 345 g/mol. The van der Waals surface area contributed by atoms with Crippen LogP contribution in [0.2, 0.25) is 19.6 Å². The average Bonchev–Trinajstić information content (AvgIpc) is 2.52. The molecule has 0 aliphatic carbocycles. The molecule has 23 heavy (non-hydrogen) atoms. The Balaban J connectivity index is 2.02. The van der Waals surface area contributed by atoms with Crippen molar-refractivity contribution in [1.29, 1.82) is 0 Å². The van der Waals surface area contributed by atoms with Gasteiger partial charge in [-0.05, 0) is 30.8 Å². The fourth-order valence-electron chi connectivity index (χ4n) is 1.95. The fourth-order valence-corrected chi connectivity index (χ4v) is 6.16. The van der Waals surface area contributed by atoms with E-state index in [0.29, 0.717) is 13.2 Å². The summed E-state index contributed by atoms with van der Waals surface area (Å²) in [5, 5.41) is 0. The standard InChI is InChI=1S/C17H23BO3PSi/c1-23(2,3)21-22(18,19-14-16-10-6-4-7-11-16)20-15-17-12-8-5-9-13-17/h4-13H,14-15H2,1-3H3.